The summed E-state index contributed by atoms with van der Waals surface area (Å²) in [5.74, 6) is -0.193. The van der Waals surface area contributed by atoms with Gasteiger partial charge in [-0.05, 0) is 51.5 Å². The van der Waals surface area contributed by atoms with E-state index >= 15 is 0 Å². The first-order chi connectivity index (χ1) is 10.7. The maximum absolute atomic E-state index is 11.9. The first-order valence-electron chi connectivity index (χ1n) is 6.97. The fourth-order valence-electron chi connectivity index (χ4n) is 2.83. The second kappa shape index (κ2) is 4.93. The van der Waals surface area contributed by atoms with Crippen LogP contribution >= 0.6 is 12.2 Å². The zero-order valence-corrected chi connectivity index (χ0v) is 12.4. The molecular weight excluding hydrogens is 292 g/mol. The minimum atomic E-state index is -0.193. The Labute approximate surface area is 132 Å². The minimum Gasteiger partial charge on any atom is -0.328 e. The second-order valence-electron chi connectivity index (χ2n) is 5.20. The standard InChI is InChI=1S/C18H12N2OS/c21-17-16(19-18(22)20-17)10-15-13-7-3-1-5-11(13)9-12-6-2-4-8-14(12)15/h1-10H,(H2,19,20,21,22)/b16-10+. The lowest BCUT2D eigenvalue weighted by Crippen LogP contribution is -2.21. The van der Waals surface area contributed by atoms with Crippen LogP contribution in [-0.2, 0) is 4.79 Å². The third kappa shape index (κ3) is 2.05. The van der Waals surface area contributed by atoms with Crippen molar-refractivity contribution in [1.29, 1.82) is 0 Å². The molecule has 22 heavy (non-hydrogen) atoms. The van der Waals surface area contributed by atoms with E-state index in [-0.39, 0.29) is 5.91 Å². The minimum absolute atomic E-state index is 0.193. The van der Waals surface area contributed by atoms with Crippen LogP contribution in [0.1, 0.15) is 5.56 Å². The number of rotatable bonds is 1. The molecule has 0 bridgehead atoms. The molecule has 3 nitrogen and oxygen atoms in total. The molecule has 0 aliphatic carbocycles. The number of carbonyl (C=O) groups is 1. The summed E-state index contributed by atoms with van der Waals surface area (Å²) in [6.45, 7) is 0. The van der Waals surface area contributed by atoms with Gasteiger partial charge in [-0.25, -0.2) is 0 Å². The third-order valence-corrected chi connectivity index (χ3v) is 4.03. The van der Waals surface area contributed by atoms with Crippen molar-refractivity contribution in [3.8, 4) is 0 Å². The van der Waals surface area contributed by atoms with Crippen molar-refractivity contribution in [2.45, 2.75) is 0 Å². The summed E-state index contributed by atoms with van der Waals surface area (Å²) < 4.78 is 0. The molecule has 0 atom stereocenters. The molecule has 1 aliphatic heterocycles. The second-order valence-corrected chi connectivity index (χ2v) is 5.61. The van der Waals surface area contributed by atoms with Crippen LogP contribution in [-0.4, -0.2) is 11.0 Å². The maximum atomic E-state index is 11.9. The number of fused-ring (bicyclic) bond motifs is 2. The van der Waals surface area contributed by atoms with E-state index in [2.05, 4.69) is 41.0 Å². The SMILES string of the molecule is O=C1NC(=S)N/C1=C/c1c2ccccc2cc2ccccc12. The Morgan fingerprint density at radius 2 is 1.45 bits per heavy atom. The van der Waals surface area contributed by atoms with Gasteiger partial charge < -0.3 is 5.32 Å². The molecule has 0 spiro atoms. The van der Waals surface area contributed by atoms with Gasteiger partial charge in [0.1, 0.15) is 5.70 Å². The average molecular weight is 304 g/mol. The summed E-state index contributed by atoms with van der Waals surface area (Å²) in [6, 6.07) is 18.5. The normalized spacial score (nSPS) is 16.3. The van der Waals surface area contributed by atoms with Gasteiger partial charge in [-0.1, -0.05) is 48.5 Å². The number of benzene rings is 3. The Bertz CT molecular complexity index is 921. The average Bonchev–Trinajstić information content (AvgIpc) is 2.84. The van der Waals surface area contributed by atoms with Gasteiger partial charge in [-0.3, -0.25) is 10.1 Å². The van der Waals surface area contributed by atoms with Crippen LogP contribution in [0.3, 0.4) is 0 Å². The van der Waals surface area contributed by atoms with Gasteiger partial charge in [0.25, 0.3) is 5.91 Å². The Kier molecular flexibility index (Phi) is 2.91. The molecular formula is C18H12N2OS. The summed E-state index contributed by atoms with van der Waals surface area (Å²) in [5, 5.41) is 10.4. The van der Waals surface area contributed by atoms with Crippen LogP contribution in [0.15, 0.2) is 60.3 Å². The fraction of sp³-hybridized carbons (Fsp3) is 0. The number of hydrogen-bond donors (Lipinski definition) is 2. The molecule has 3 aromatic rings. The molecule has 1 fully saturated rings. The Morgan fingerprint density at radius 3 is 2.00 bits per heavy atom. The van der Waals surface area contributed by atoms with E-state index in [9.17, 15) is 4.79 Å². The first-order valence-corrected chi connectivity index (χ1v) is 7.38. The zero-order valence-electron chi connectivity index (χ0n) is 11.6. The van der Waals surface area contributed by atoms with E-state index in [0.29, 0.717) is 10.8 Å². The number of thiocarbonyl (C=S) groups is 1. The van der Waals surface area contributed by atoms with Gasteiger partial charge in [0.15, 0.2) is 5.11 Å². The lowest BCUT2D eigenvalue weighted by molar-refractivity contribution is -0.115. The van der Waals surface area contributed by atoms with Crippen LogP contribution in [0.2, 0.25) is 0 Å². The highest BCUT2D eigenvalue weighted by Crippen LogP contribution is 2.30. The van der Waals surface area contributed by atoms with Gasteiger partial charge >= 0.3 is 0 Å². The smallest absolute Gasteiger partial charge is 0.273 e. The van der Waals surface area contributed by atoms with Crippen LogP contribution in [0.4, 0.5) is 0 Å². The van der Waals surface area contributed by atoms with Gasteiger partial charge in [-0.2, -0.15) is 0 Å². The summed E-state index contributed by atoms with van der Waals surface area (Å²) in [4.78, 5) is 11.9. The van der Waals surface area contributed by atoms with Crippen LogP contribution in [0.5, 0.6) is 0 Å². The van der Waals surface area contributed by atoms with E-state index in [4.69, 9.17) is 12.2 Å². The molecule has 4 rings (SSSR count). The lowest BCUT2D eigenvalue weighted by Gasteiger charge is -2.09. The highest BCUT2D eigenvalue weighted by Gasteiger charge is 2.20. The Balaban J connectivity index is 2.07. The predicted octanol–water partition coefficient (Wildman–Crippen LogP) is 3.34. The molecule has 106 valence electrons. The molecule has 0 unspecified atom stereocenters. The van der Waals surface area contributed by atoms with Crippen molar-refractivity contribution in [2.24, 2.45) is 0 Å². The predicted molar refractivity (Wildman–Crippen MR) is 93.3 cm³/mol. The lowest BCUT2D eigenvalue weighted by atomic mass is 9.96. The molecule has 0 saturated carbocycles. The fourth-order valence-corrected chi connectivity index (χ4v) is 3.03. The van der Waals surface area contributed by atoms with Crippen molar-refractivity contribution in [3.63, 3.8) is 0 Å². The van der Waals surface area contributed by atoms with E-state index in [1.165, 1.54) is 0 Å². The molecule has 3 aromatic carbocycles. The van der Waals surface area contributed by atoms with Crippen molar-refractivity contribution in [1.82, 2.24) is 10.6 Å². The van der Waals surface area contributed by atoms with Gasteiger partial charge in [0.2, 0.25) is 0 Å². The summed E-state index contributed by atoms with van der Waals surface area (Å²) in [7, 11) is 0. The summed E-state index contributed by atoms with van der Waals surface area (Å²) in [6.07, 6.45) is 1.87. The van der Waals surface area contributed by atoms with Crippen LogP contribution < -0.4 is 10.6 Å². The van der Waals surface area contributed by atoms with Crippen molar-refractivity contribution >= 4 is 50.9 Å². The Hall–Kier alpha value is -2.72. The third-order valence-electron chi connectivity index (χ3n) is 3.82. The van der Waals surface area contributed by atoms with Crippen molar-refractivity contribution < 1.29 is 4.79 Å². The zero-order chi connectivity index (χ0) is 15.1. The molecule has 1 aliphatic rings. The highest BCUT2D eigenvalue weighted by atomic mass is 32.1. The molecule has 4 heteroatoms. The first kappa shape index (κ1) is 13.0. The number of carbonyl (C=O) groups excluding carboxylic acids is 1. The van der Waals surface area contributed by atoms with Crippen LogP contribution in [0, 0.1) is 0 Å². The van der Waals surface area contributed by atoms with Gasteiger partial charge in [0.05, 0.1) is 0 Å². The highest BCUT2D eigenvalue weighted by molar-refractivity contribution is 7.80. The summed E-state index contributed by atoms with van der Waals surface area (Å²) in [5.41, 5.74) is 1.50. The molecule has 1 heterocycles. The van der Waals surface area contributed by atoms with Gasteiger partial charge in [0, 0.05) is 0 Å². The quantitative estimate of drug-likeness (QED) is 0.411. The largest absolute Gasteiger partial charge is 0.328 e. The summed E-state index contributed by atoms with van der Waals surface area (Å²) >= 11 is 5.00. The molecule has 1 saturated heterocycles. The maximum Gasteiger partial charge on any atom is 0.273 e. The van der Waals surface area contributed by atoms with E-state index < -0.39 is 0 Å². The molecule has 0 radical (unpaired) electrons. The van der Waals surface area contributed by atoms with Crippen molar-refractivity contribution in [3.05, 3.63) is 65.9 Å². The number of hydrogen-bond acceptors (Lipinski definition) is 2. The molecule has 2 N–H and O–H groups in total. The molecule has 0 aromatic heterocycles. The van der Waals surface area contributed by atoms with Crippen LogP contribution in [0.25, 0.3) is 27.6 Å². The van der Waals surface area contributed by atoms with E-state index in [1.807, 2.05) is 30.3 Å². The Morgan fingerprint density at radius 1 is 0.864 bits per heavy atom. The van der Waals surface area contributed by atoms with Crippen molar-refractivity contribution in [2.75, 3.05) is 0 Å². The number of amides is 1. The van der Waals surface area contributed by atoms with E-state index in [0.717, 1.165) is 27.1 Å². The molecule has 1 amide bonds. The van der Waals surface area contributed by atoms with E-state index in [1.54, 1.807) is 0 Å². The topological polar surface area (TPSA) is 41.1 Å². The number of nitrogens with one attached hydrogen (secondary N) is 2. The van der Waals surface area contributed by atoms with Gasteiger partial charge in [-0.15, -0.1) is 0 Å². The monoisotopic (exact) mass is 304 g/mol.